The predicted molar refractivity (Wildman–Crippen MR) is 62.5 cm³/mol. The van der Waals surface area contributed by atoms with Gasteiger partial charge >= 0.3 is 0 Å². The summed E-state index contributed by atoms with van der Waals surface area (Å²) in [5, 5.41) is 12.5. The van der Waals surface area contributed by atoms with Crippen LogP contribution in [0.4, 0.5) is 0 Å². The molecule has 0 aliphatic heterocycles. The lowest BCUT2D eigenvalue weighted by Crippen LogP contribution is -2.09. The standard InChI is InChI=1S/C10H12ClN3S/c1-7(5-9-3-4-15-6-9)14-8(2)12-13-10(14)11/h3-4,6-7H,5H2,1-2H3. The van der Waals surface area contributed by atoms with Gasteiger partial charge in [0.2, 0.25) is 5.28 Å². The highest BCUT2D eigenvalue weighted by atomic mass is 35.5. The summed E-state index contributed by atoms with van der Waals surface area (Å²) in [5.41, 5.74) is 1.33. The van der Waals surface area contributed by atoms with Crippen molar-refractivity contribution in [3.05, 3.63) is 33.5 Å². The molecule has 1 unspecified atom stereocenters. The van der Waals surface area contributed by atoms with E-state index >= 15 is 0 Å². The molecule has 1 atom stereocenters. The molecule has 80 valence electrons. The Morgan fingerprint density at radius 1 is 1.53 bits per heavy atom. The molecule has 0 amide bonds. The van der Waals surface area contributed by atoms with Gasteiger partial charge in [-0.05, 0) is 54.3 Å². The predicted octanol–water partition coefficient (Wildman–Crippen LogP) is 3.11. The third-order valence-corrected chi connectivity index (χ3v) is 3.37. The van der Waals surface area contributed by atoms with Crippen LogP contribution in [-0.2, 0) is 6.42 Å². The van der Waals surface area contributed by atoms with E-state index in [9.17, 15) is 0 Å². The monoisotopic (exact) mass is 241 g/mol. The van der Waals surface area contributed by atoms with Crippen LogP contribution in [0.2, 0.25) is 5.28 Å². The maximum Gasteiger partial charge on any atom is 0.225 e. The molecule has 15 heavy (non-hydrogen) atoms. The second-order valence-corrected chi connectivity index (χ2v) is 4.69. The molecule has 0 bridgehead atoms. The third-order valence-electron chi connectivity index (χ3n) is 2.38. The molecule has 0 aliphatic carbocycles. The summed E-state index contributed by atoms with van der Waals surface area (Å²) in [6.07, 6.45) is 0.960. The molecule has 2 rings (SSSR count). The van der Waals surface area contributed by atoms with Crippen LogP contribution in [0.25, 0.3) is 0 Å². The minimum absolute atomic E-state index is 0.294. The van der Waals surface area contributed by atoms with E-state index in [4.69, 9.17) is 11.6 Å². The minimum Gasteiger partial charge on any atom is -0.299 e. The number of hydrogen-bond acceptors (Lipinski definition) is 3. The van der Waals surface area contributed by atoms with Crippen molar-refractivity contribution in [2.24, 2.45) is 0 Å². The van der Waals surface area contributed by atoms with Crippen LogP contribution in [0.5, 0.6) is 0 Å². The molecule has 2 aromatic heterocycles. The second-order valence-electron chi connectivity index (χ2n) is 3.57. The fourth-order valence-corrected chi connectivity index (χ4v) is 2.69. The summed E-state index contributed by atoms with van der Waals surface area (Å²) >= 11 is 7.69. The van der Waals surface area contributed by atoms with Crippen molar-refractivity contribution in [3.63, 3.8) is 0 Å². The Balaban J connectivity index is 2.18. The van der Waals surface area contributed by atoms with Crippen molar-refractivity contribution in [1.29, 1.82) is 0 Å². The van der Waals surface area contributed by atoms with Crippen LogP contribution in [0.1, 0.15) is 24.4 Å². The number of nitrogens with zero attached hydrogens (tertiary/aromatic N) is 3. The van der Waals surface area contributed by atoms with Crippen molar-refractivity contribution in [3.8, 4) is 0 Å². The zero-order chi connectivity index (χ0) is 10.8. The molecule has 0 fully saturated rings. The topological polar surface area (TPSA) is 30.7 Å². The Kier molecular flexibility index (Phi) is 3.07. The van der Waals surface area contributed by atoms with E-state index in [2.05, 4.69) is 33.9 Å². The van der Waals surface area contributed by atoms with Gasteiger partial charge in [0, 0.05) is 6.04 Å². The molecular weight excluding hydrogens is 230 g/mol. The summed E-state index contributed by atoms with van der Waals surface area (Å²) in [5.74, 6) is 0.864. The van der Waals surface area contributed by atoms with Gasteiger partial charge in [-0.1, -0.05) is 0 Å². The molecule has 3 nitrogen and oxygen atoms in total. The van der Waals surface area contributed by atoms with Gasteiger partial charge in [0.05, 0.1) is 0 Å². The van der Waals surface area contributed by atoms with Gasteiger partial charge < -0.3 is 0 Å². The molecule has 2 heterocycles. The van der Waals surface area contributed by atoms with E-state index < -0.39 is 0 Å². The van der Waals surface area contributed by atoms with Gasteiger partial charge in [-0.15, -0.1) is 10.2 Å². The molecule has 2 aromatic rings. The first kappa shape index (κ1) is 10.6. The maximum absolute atomic E-state index is 5.97. The minimum atomic E-state index is 0.294. The summed E-state index contributed by atoms with van der Waals surface area (Å²) in [4.78, 5) is 0. The van der Waals surface area contributed by atoms with E-state index in [-0.39, 0.29) is 0 Å². The number of thiophene rings is 1. The van der Waals surface area contributed by atoms with Crippen molar-refractivity contribution in [2.75, 3.05) is 0 Å². The first-order valence-corrected chi connectivity index (χ1v) is 6.08. The van der Waals surface area contributed by atoms with Crippen molar-refractivity contribution >= 4 is 22.9 Å². The number of hydrogen-bond donors (Lipinski definition) is 0. The maximum atomic E-state index is 5.97. The quantitative estimate of drug-likeness (QED) is 0.827. The molecule has 0 radical (unpaired) electrons. The SMILES string of the molecule is Cc1nnc(Cl)n1C(C)Cc1ccsc1. The van der Waals surface area contributed by atoms with E-state index in [1.165, 1.54) is 5.56 Å². The summed E-state index contributed by atoms with van der Waals surface area (Å²) in [6.45, 7) is 4.04. The second kappa shape index (κ2) is 4.33. The Morgan fingerprint density at radius 3 is 2.87 bits per heavy atom. The van der Waals surface area contributed by atoms with Gasteiger partial charge in [0.1, 0.15) is 5.82 Å². The molecule has 0 spiro atoms. The summed E-state index contributed by atoms with van der Waals surface area (Å²) in [7, 11) is 0. The zero-order valence-electron chi connectivity index (χ0n) is 8.64. The molecular formula is C10H12ClN3S. The van der Waals surface area contributed by atoms with Crippen LogP contribution < -0.4 is 0 Å². The average molecular weight is 242 g/mol. The normalized spacial score (nSPS) is 13.0. The molecule has 0 N–H and O–H groups in total. The Labute approximate surface area is 97.7 Å². The highest BCUT2D eigenvalue weighted by Gasteiger charge is 2.13. The fraction of sp³-hybridized carbons (Fsp3) is 0.400. The molecule has 0 saturated heterocycles. The van der Waals surface area contributed by atoms with Crippen LogP contribution >= 0.6 is 22.9 Å². The zero-order valence-corrected chi connectivity index (χ0v) is 10.2. The largest absolute Gasteiger partial charge is 0.299 e. The molecule has 0 aliphatic rings. The first-order valence-electron chi connectivity index (χ1n) is 4.76. The van der Waals surface area contributed by atoms with Crippen molar-refractivity contribution in [2.45, 2.75) is 26.3 Å². The van der Waals surface area contributed by atoms with Crippen LogP contribution in [0.15, 0.2) is 16.8 Å². The Morgan fingerprint density at radius 2 is 2.33 bits per heavy atom. The van der Waals surface area contributed by atoms with Crippen LogP contribution in [0, 0.1) is 6.92 Å². The number of aryl methyl sites for hydroxylation is 1. The van der Waals surface area contributed by atoms with Gasteiger partial charge in [-0.2, -0.15) is 11.3 Å². The highest BCUT2D eigenvalue weighted by molar-refractivity contribution is 7.07. The van der Waals surface area contributed by atoms with Crippen molar-refractivity contribution < 1.29 is 0 Å². The molecule has 0 aromatic carbocycles. The Hall–Kier alpha value is -0.870. The number of aromatic nitrogens is 3. The number of halogens is 1. The molecule has 0 saturated carbocycles. The average Bonchev–Trinajstić information content (AvgIpc) is 2.77. The lowest BCUT2D eigenvalue weighted by molar-refractivity contribution is 0.531. The first-order chi connectivity index (χ1) is 7.18. The van der Waals surface area contributed by atoms with Gasteiger partial charge in [0.15, 0.2) is 0 Å². The van der Waals surface area contributed by atoms with E-state index in [0.717, 1.165) is 12.2 Å². The lowest BCUT2D eigenvalue weighted by atomic mass is 10.1. The third kappa shape index (κ3) is 2.21. The van der Waals surface area contributed by atoms with Gasteiger partial charge in [-0.25, -0.2) is 0 Å². The van der Waals surface area contributed by atoms with Crippen LogP contribution in [-0.4, -0.2) is 14.8 Å². The van der Waals surface area contributed by atoms with Gasteiger partial charge in [0.25, 0.3) is 0 Å². The van der Waals surface area contributed by atoms with E-state index in [0.29, 0.717) is 11.3 Å². The smallest absolute Gasteiger partial charge is 0.225 e. The van der Waals surface area contributed by atoms with E-state index in [1.54, 1.807) is 11.3 Å². The summed E-state index contributed by atoms with van der Waals surface area (Å²) in [6, 6.07) is 2.43. The van der Waals surface area contributed by atoms with Crippen LogP contribution in [0.3, 0.4) is 0 Å². The summed E-state index contributed by atoms with van der Waals surface area (Å²) < 4.78 is 1.96. The van der Waals surface area contributed by atoms with E-state index in [1.807, 2.05) is 11.5 Å². The Bertz CT molecular complexity index is 416. The fourth-order valence-electron chi connectivity index (χ4n) is 1.69. The molecule has 5 heteroatoms. The van der Waals surface area contributed by atoms with Crippen molar-refractivity contribution in [1.82, 2.24) is 14.8 Å². The lowest BCUT2D eigenvalue weighted by Gasteiger charge is -2.14. The number of rotatable bonds is 3. The highest BCUT2D eigenvalue weighted by Crippen LogP contribution is 2.20. The van der Waals surface area contributed by atoms with Gasteiger partial charge in [-0.3, -0.25) is 4.57 Å².